The number of anilines is 1. The summed E-state index contributed by atoms with van der Waals surface area (Å²) in [6, 6.07) is 15.8. The third kappa shape index (κ3) is 4.97. The van der Waals surface area contributed by atoms with Gasteiger partial charge in [0.2, 0.25) is 5.91 Å². The Hall–Kier alpha value is -3.68. The van der Waals surface area contributed by atoms with Crippen molar-refractivity contribution in [2.45, 2.75) is 40.8 Å². The van der Waals surface area contributed by atoms with Gasteiger partial charge in [0.1, 0.15) is 6.54 Å². The summed E-state index contributed by atoms with van der Waals surface area (Å²) in [5.41, 5.74) is 8.05. The topological polar surface area (TPSA) is 77.6 Å². The number of nitrogens with zero attached hydrogens (tertiary/aromatic N) is 5. The van der Waals surface area contributed by atoms with Crippen LogP contribution >= 0.6 is 23.2 Å². The number of halogens is 2. The van der Waals surface area contributed by atoms with E-state index >= 15 is 0 Å². The van der Waals surface area contributed by atoms with Gasteiger partial charge in [-0.2, -0.15) is 10.2 Å². The number of carbonyl (C=O) groups is 1. The molecule has 0 saturated carbocycles. The predicted octanol–water partition coefficient (Wildman–Crippen LogP) is 6.52. The van der Waals surface area contributed by atoms with Crippen LogP contribution in [0.15, 0.2) is 54.7 Å². The molecule has 0 bridgehead atoms. The molecule has 5 rings (SSSR count). The zero-order valence-corrected chi connectivity index (χ0v) is 22.5. The van der Waals surface area contributed by atoms with Gasteiger partial charge in [-0.25, -0.2) is 9.67 Å². The maximum absolute atomic E-state index is 13.1. The van der Waals surface area contributed by atoms with E-state index in [0.29, 0.717) is 27.9 Å². The number of nitrogens with one attached hydrogen (secondary N) is 1. The molecule has 0 spiro atoms. The monoisotopic (exact) mass is 532 g/mol. The van der Waals surface area contributed by atoms with Gasteiger partial charge in [0.25, 0.3) is 0 Å². The third-order valence-corrected chi connectivity index (χ3v) is 7.13. The Bertz CT molecular complexity index is 1650. The van der Waals surface area contributed by atoms with E-state index in [2.05, 4.69) is 45.6 Å². The van der Waals surface area contributed by atoms with Crippen molar-refractivity contribution in [2.75, 3.05) is 5.32 Å². The Balaban J connectivity index is 1.38. The first-order chi connectivity index (χ1) is 17.7. The highest BCUT2D eigenvalue weighted by Gasteiger charge is 2.19. The second kappa shape index (κ2) is 10.00. The summed E-state index contributed by atoms with van der Waals surface area (Å²) in [7, 11) is 0. The van der Waals surface area contributed by atoms with Gasteiger partial charge in [0, 0.05) is 11.6 Å². The number of benzene rings is 2. The van der Waals surface area contributed by atoms with E-state index in [-0.39, 0.29) is 12.5 Å². The lowest BCUT2D eigenvalue weighted by Crippen LogP contribution is -2.20. The van der Waals surface area contributed by atoms with Crippen LogP contribution in [-0.4, -0.2) is 30.5 Å². The predicted molar refractivity (Wildman–Crippen MR) is 148 cm³/mol. The standard InChI is InChI=1S/C28H26Cl2N6O/c1-16-6-5-7-21(12-16)22-10-11-31-28-26(22)17(2)33-36(28)15-25(37)32-27-18(3)34-35(19(27)4)14-20-8-9-23(29)24(30)13-20/h5-13H,14-15H2,1-4H3,(H,32,37). The van der Waals surface area contributed by atoms with Gasteiger partial charge in [0.05, 0.1) is 39.4 Å². The SMILES string of the molecule is Cc1cccc(-c2ccnc3c2c(C)nn3CC(=O)Nc2c(C)nn(Cc3ccc(Cl)c(Cl)c3)c2C)c1. The molecular weight excluding hydrogens is 507 g/mol. The van der Waals surface area contributed by atoms with Gasteiger partial charge in [-0.3, -0.25) is 9.48 Å². The quantitative estimate of drug-likeness (QED) is 0.270. The van der Waals surface area contributed by atoms with Crippen LogP contribution in [0, 0.1) is 27.7 Å². The molecule has 3 aromatic heterocycles. The van der Waals surface area contributed by atoms with E-state index in [0.717, 1.165) is 39.2 Å². The fourth-order valence-electron chi connectivity index (χ4n) is 4.60. The molecule has 9 heteroatoms. The first-order valence-corrected chi connectivity index (χ1v) is 12.6. The van der Waals surface area contributed by atoms with Crippen LogP contribution in [-0.2, 0) is 17.9 Å². The number of hydrogen-bond acceptors (Lipinski definition) is 4. The van der Waals surface area contributed by atoms with Crippen LogP contribution in [0.5, 0.6) is 0 Å². The lowest BCUT2D eigenvalue weighted by molar-refractivity contribution is -0.116. The number of aryl methyl sites for hydroxylation is 3. The maximum atomic E-state index is 13.1. The third-order valence-electron chi connectivity index (χ3n) is 6.39. The van der Waals surface area contributed by atoms with Crippen molar-refractivity contribution >= 4 is 45.8 Å². The van der Waals surface area contributed by atoms with Crippen LogP contribution in [0.1, 0.15) is 28.2 Å². The van der Waals surface area contributed by atoms with Crippen molar-refractivity contribution in [3.63, 3.8) is 0 Å². The van der Waals surface area contributed by atoms with Gasteiger partial charge < -0.3 is 5.32 Å². The highest BCUT2D eigenvalue weighted by Crippen LogP contribution is 2.30. The second-order valence-electron chi connectivity index (χ2n) is 9.17. The van der Waals surface area contributed by atoms with Crippen molar-refractivity contribution in [1.82, 2.24) is 24.5 Å². The molecule has 188 valence electrons. The average molecular weight is 533 g/mol. The van der Waals surface area contributed by atoms with E-state index in [9.17, 15) is 4.79 Å². The molecule has 1 N–H and O–H groups in total. The molecular formula is C28H26Cl2N6O. The van der Waals surface area contributed by atoms with Gasteiger partial charge in [-0.1, -0.05) is 59.1 Å². The molecule has 0 atom stereocenters. The fourth-order valence-corrected chi connectivity index (χ4v) is 4.92. The van der Waals surface area contributed by atoms with Crippen molar-refractivity contribution in [3.05, 3.63) is 93.0 Å². The van der Waals surface area contributed by atoms with E-state index in [1.165, 1.54) is 5.56 Å². The molecule has 0 saturated heterocycles. The fraction of sp³-hybridized carbons (Fsp3) is 0.214. The first-order valence-electron chi connectivity index (χ1n) is 11.9. The summed E-state index contributed by atoms with van der Waals surface area (Å²) < 4.78 is 3.50. The summed E-state index contributed by atoms with van der Waals surface area (Å²) in [6.45, 7) is 8.35. The molecule has 2 aromatic carbocycles. The molecule has 1 amide bonds. The largest absolute Gasteiger partial charge is 0.321 e. The molecule has 7 nitrogen and oxygen atoms in total. The summed E-state index contributed by atoms with van der Waals surface area (Å²) in [5.74, 6) is -0.201. The molecule has 37 heavy (non-hydrogen) atoms. The minimum Gasteiger partial charge on any atom is -0.321 e. The Morgan fingerprint density at radius 2 is 1.70 bits per heavy atom. The molecule has 5 aromatic rings. The molecule has 0 aliphatic heterocycles. The summed E-state index contributed by atoms with van der Waals surface area (Å²) in [5, 5.41) is 14.2. The van der Waals surface area contributed by atoms with E-state index in [4.69, 9.17) is 23.2 Å². The minimum atomic E-state index is -0.201. The molecule has 0 radical (unpaired) electrons. The Kier molecular flexibility index (Phi) is 6.75. The van der Waals surface area contributed by atoms with Crippen molar-refractivity contribution in [3.8, 4) is 11.1 Å². The van der Waals surface area contributed by atoms with Gasteiger partial charge in [-0.05, 0) is 62.6 Å². The smallest absolute Gasteiger partial charge is 0.246 e. The van der Waals surface area contributed by atoms with Crippen molar-refractivity contribution in [1.29, 1.82) is 0 Å². The van der Waals surface area contributed by atoms with Crippen molar-refractivity contribution in [2.24, 2.45) is 0 Å². The number of hydrogen-bond donors (Lipinski definition) is 1. The van der Waals surface area contributed by atoms with E-state index in [1.807, 2.05) is 49.7 Å². The lowest BCUT2D eigenvalue weighted by Gasteiger charge is -2.09. The Labute approximate surface area is 225 Å². The van der Waals surface area contributed by atoms with Gasteiger partial charge in [0.15, 0.2) is 5.65 Å². The average Bonchev–Trinajstić information content (AvgIpc) is 3.31. The Morgan fingerprint density at radius 1 is 0.919 bits per heavy atom. The lowest BCUT2D eigenvalue weighted by atomic mass is 10.0. The number of pyridine rings is 1. The molecule has 0 fully saturated rings. The van der Waals surface area contributed by atoms with Crippen LogP contribution in [0.2, 0.25) is 10.0 Å². The molecule has 3 heterocycles. The maximum Gasteiger partial charge on any atom is 0.246 e. The Morgan fingerprint density at radius 3 is 2.46 bits per heavy atom. The zero-order chi connectivity index (χ0) is 26.3. The van der Waals surface area contributed by atoms with E-state index < -0.39 is 0 Å². The van der Waals surface area contributed by atoms with Gasteiger partial charge >= 0.3 is 0 Å². The van der Waals surface area contributed by atoms with Crippen LogP contribution in [0.3, 0.4) is 0 Å². The minimum absolute atomic E-state index is 0.0332. The number of carbonyl (C=O) groups excluding carboxylic acids is 1. The van der Waals surface area contributed by atoms with Crippen LogP contribution in [0.25, 0.3) is 22.2 Å². The molecule has 0 unspecified atom stereocenters. The zero-order valence-electron chi connectivity index (χ0n) is 21.0. The van der Waals surface area contributed by atoms with Crippen molar-refractivity contribution < 1.29 is 4.79 Å². The van der Waals surface area contributed by atoms with Crippen LogP contribution < -0.4 is 5.32 Å². The first kappa shape index (κ1) is 25.0. The van der Waals surface area contributed by atoms with Gasteiger partial charge in [-0.15, -0.1) is 0 Å². The molecule has 0 aliphatic carbocycles. The number of fused-ring (bicyclic) bond motifs is 1. The number of aromatic nitrogens is 5. The summed E-state index contributed by atoms with van der Waals surface area (Å²) in [4.78, 5) is 17.7. The highest BCUT2D eigenvalue weighted by atomic mass is 35.5. The summed E-state index contributed by atoms with van der Waals surface area (Å²) >= 11 is 12.2. The van der Waals surface area contributed by atoms with Crippen LogP contribution in [0.4, 0.5) is 5.69 Å². The number of rotatable bonds is 6. The summed E-state index contributed by atoms with van der Waals surface area (Å²) in [6.07, 6.45) is 1.76. The second-order valence-corrected chi connectivity index (χ2v) is 9.98. The normalized spacial score (nSPS) is 11.3. The molecule has 0 aliphatic rings. The van der Waals surface area contributed by atoms with E-state index in [1.54, 1.807) is 16.9 Å². The highest BCUT2D eigenvalue weighted by molar-refractivity contribution is 6.42. The number of amides is 1.